The normalized spacial score (nSPS) is 10.7. The van der Waals surface area contributed by atoms with Gasteiger partial charge in [-0.3, -0.25) is 24.5 Å². The molecule has 1 heterocycles. The molecule has 36 heavy (non-hydrogen) atoms. The van der Waals surface area contributed by atoms with Crippen LogP contribution >= 0.6 is 11.6 Å². The van der Waals surface area contributed by atoms with Crippen molar-refractivity contribution in [1.82, 2.24) is 9.97 Å². The summed E-state index contributed by atoms with van der Waals surface area (Å²) in [5.41, 5.74) is 0.966. The Bertz CT molecular complexity index is 1520. The number of benzene rings is 3. The van der Waals surface area contributed by atoms with Crippen molar-refractivity contribution in [2.24, 2.45) is 0 Å². The van der Waals surface area contributed by atoms with Crippen LogP contribution in [0, 0.1) is 10.1 Å². The highest BCUT2D eigenvalue weighted by Crippen LogP contribution is 2.37. The molecular weight excluding hydrogens is 490 g/mol. The molecule has 0 saturated heterocycles. The topological polar surface area (TPSA) is 141 Å². The molecule has 0 spiro atoms. The van der Waals surface area contributed by atoms with Gasteiger partial charge in [0.05, 0.1) is 27.4 Å². The molecule has 0 amide bonds. The second-order valence-electron chi connectivity index (χ2n) is 7.59. The molecule has 4 aromatic rings. The number of H-pyrrole nitrogens is 1. The number of para-hydroxylation sites is 3. The number of nitrogens with one attached hydrogen (secondary N) is 1. The molecule has 182 valence electrons. The van der Waals surface area contributed by atoms with E-state index in [4.69, 9.17) is 21.1 Å². The van der Waals surface area contributed by atoms with E-state index in [1.807, 2.05) is 0 Å². The summed E-state index contributed by atoms with van der Waals surface area (Å²) in [7, 11) is 0. The number of nitrogens with zero attached hydrogens (tertiary/aromatic N) is 2. The van der Waals surface area contributed by atoms with Gasteiger partial charge in [-0.25, -0.2) is 4.98 Å². The Labute approximate surface area is 208 Å². The molecule has 0 saturated carbocycles. The number of aryl methyl sites for hydroxylation is 1. The number of aromatic amines is 1. The first-order chi connectivity index (χ1) is 17.3. The van der Waals surface area contributed by atoms with Gasteiger partial charge in [0.1, 0.15) is 11.4 Å². The maximum atomic E-state index is 12.4. The van der Waals surface area contributed by atoms with Crippen LogP contribution in [0.15, 0.2) is 71.5 Å². The minimum Gasteiger partial charge on any atom is -0.457 e. The summed E-state index contributed by atoms with van der Waals surface area (Å²) < 4.78 is 10.6. The van der Waals surface area contributed by atoms with Gasteiger partial charge < -0.3 is 14.5 Å². The van der Waals surface area contributed by atoms with Gasteiger partial charge in [-0.15, -0.1) is 0 Å². The molecule has 10 nitrogen and oxygen atoms in total. The van der Waals surface area contributed by atoms with E-state index in [9.17, 15) is 24.5 Å². The summed E-state index contributed by atoms with van der Waals surface area (Å²) >= 11 is 6.02. The maximum Gasteiger partial charge on any atom is 0.313 e. The molecule has 11 heteroatoms. The number of ether oxygens (including phenoxy) is 2. The van der Waals surface area contributed by atoms with Gasteiger partial charge in [-0.2, -0.15) is 0 Å². The number of aromatic nitrogens is 2. The molecule has 0 fully saturated rings. The standard InChI is InChI=1S/C25H18ClN3O7/c26-17-4-3-7-21(29(33)34)24(17)36-16-10-8-15(9-11-16)22(30)14-35-23(31)13-12-20-25(32)28-19-6-2-1-5-18(19)27-20/h1-11H,12-14H2,(H,28,32). The van der Waals surface area contributed by atoms with Crippen LogP contribution in [0.3, 0.4) is 0 Å². The third-order valence-corrected chi connectivity index (χ3v) is 5.44. The van der Waals surface area contributed by atoms with Gasteiger partial charge >= 0.3 is 11.7 Å². The Morgan fingerprint density at radius 2 is 1.78 bits per heavy atom. The van der Waals surface area contributed by atoms with E-state index in [2.05, 4.69) is 9.97 Å². The van der Waals surface area contributed by atoms with Crippen LogP contribution in [0.4, 0.5) is 5.69 Å². The first-order valence-electron chi connectivity index (χ1n) is 10.7. The number of ketones is 1. The van der Waals surface area contributed by atoms with Crippen LogP contribution < -0.4 is 10.3 Å². The molecule has 0 aliphatic carbocycles. The van der Waals surface area contributed by atoms with Crippen molar-refractivity contribution >= 4 is 40.1 Å². The molecule has 0 unspecified atom stereocenters. The van der Waals surface area contributed by atoms with E-state index in [-0.39, 0.29) is 51.9 Å². The summed E-state index contributed by atoms with van der Waals surface area (Å²) in [4.78, 5) is 54.2. The van der Waals surface area contributed by atoms with Crippen LogP contribution in [0.1, 0.15) is 22.5 Å². The average molecular weight is 508 g/mol. The SMILES string of the molecule is O=C(CCc1nc2ccccc2[nH]c1=O)OCC(=O)c1ccc(Oc2c(Cl)cccc2[N+](=O)[O-])cc1. The summed E-state index contributed by atoms with van der Waals surface area (Å²) in [6.07, 6.45) is -0.0570. The van der Waals surface area contributed by atoms with Crippen molar-refractivity contribution in [2.75, 3.05) is 6.61 Å². The van der Waals surface area contributed by atoms with Crippen LogP contribution in [0.25, 0.3) is 11.0 Å². The number of halogens is 1. The van der Waals surface area contributed by atoms with Gasteiger partial charge in [-0.1, -0.05) is 29.8 Å². The number of fused-ring (bicyclic) bond motifs is 1. The van der Waals surface area contributed by atoms with Crippen molar-refractivity contribution < 1.29 is 24.0 Å². The molecule has 0 aliphatic rings. The first kappa shape index (κ1) is 24.6. The van der Waals surface area contributed by atoms with Crippen LogP contribution in [0.2, 0.25) is 5.02 Å². The molecule has 4 rings (SSSR count). The van der Waals surface area contributed by atoms with Gasteiger partial charge in [-0.05, 0) is 42.5 Å². The predicted octanol–water partition coefficient (Wildman–Crippen LogP) is 4.64. The third kappa shape index (κ3) is 5.73. The van der Waals surface area contributed by atoms with Crippen molar-refractivity contribution in [3.05, 3.63) is 103 Å². The fourth-order valence-electron chi connectivity index (χ4n) is 3.33. The molecule has 0 aliphatic heterocycles. The summed E-state index contributed by atoms with van der Waals surface area (Å²) in [6.45, 7) is -0.490. The fraction of sp³-hybridized carbons (Fsp3) is 0.120. The summed E-state index contributed by atoms with van der Waals surface area (Å²) in [6, 6.07) is 17.0. The van der Waals surface area contributed by atoms with E-state index in [0.29, 0.717) is 11.0 Å². The highest BCUT2D eigenvalue weighted by Gasteiger charge is 2.19. The van der Waals surface area contributed by atoms with E-state index >= 15 is 0 Å². The smallest absolute Gasteiger partial charge is 0.313 e. The van der Waals surface area contributed by atoms with Crippen molar-refractivity contribution in [3.8, 4) is 11.5 Å². The van der Waals surface area contributed by atoms with E-state index < -0.39 is 23.3 Å². The molecule has 3 aromatic carbocycles. The number of hydrogen-bond acceptors (Lipinski definition) is 8. The lowest BCUT2D eigenvalue weighted by Crippen LogP contribution is -2.18. The minimum atomic E-state index is -0.649. The van der Waals surface area contributed by atoms with E-state index in [0.717, 1.165) is 0 Å². The molecule has 0 bridgehead atoms. The second kappa shape index (κ2) is 10.8. The number of rotatable bonds is 9. The summed E-state index contributed by atoms with van der Waals surface area (Å²) in [5.74, 6) is -0.992. The number of esters is 1. The first-order valence-corrected chi connectivity index (χ1v) is 11.1. The number of hydrogen-bond donors (Lipinski definition) is 1. The Balaban J connectivity index is 1.32. The zero-order valence-electron chi connectivity index (χ0n) is 18.6. The Morgan fingerprint density at radius 3 is 2.53 bits per heavy atom. The quantitative estimate of drug-likeness (QED) is 0.149. The van der Waals surface area contributed by atoms with E-state index in [1.165, 1.54) is 42.5 Å². The third-order valence-electron chi connectivity index (χ3n) is 5.14. The largest absolute Gasteiger partial charge is 0.457 e. The zero-order chi connectivity index (χ0) is 25.7. The lowest BCUT2D eigenvalue weighted by atomic mass is 10.1. The molecule has 0 atom stereocenters. The second-order valence-corrected chi connectivity index (χ2v) is 7.99. The van der Waals surface area contributed by atoms with Gasteiger partial charge in [0.2, 0.25) is 5.75 Å². The molecular formula is C25H18ClN3O7. The van der Waals surface area contributed by atoms with Gasteiger partial charge in [0.25, 0.3) is 5.56 Å². The monoisotopic (exact) mass is 507 g/mol. The maximum absolute atomic E-state index is 12.4. The van der Waals surface area contributed by atoms with Crippen molar-refractivity contribution in [3.63, 3.8) is 0 Å². The van der Waals surface area contributed by atoms with Crippen molar-refractivity contribution in [1.29, 1.82) is 0 Å². The van der Waals surface area contributed by atoms with Crippen molar-refractivity contribution in [2.45, 2.75) is 12.8 Å². The lowest BCUT2D eigenvalue weighted by molar-refractivity contribution is -0.385. The Morgan fingerprint density at radius 1 is 1.03 bits per heavy atom. The van der Waals surface area contributed by atoms with Gasteiger partial charge in [0.15, 0.2) is 12.4 Å². The predicted molar refractivity (Wildman–Crippen MR) is 131 cm³/mol. The van der Waals surface area contributed by atoms with Gasteiger partial charge in [0, 0.05) is 18.1 Å². The number of Topliss-reactive ketones (excluding diaryl/α,β-unsaturated/α-hetero) is 1. The van der Waals surface area contributed by atoms with Crippen LogP contribution in [0.5, 0.6) is 11.5 Å². The zero-order valence-corrected chi connectivity index (χ0v) is 19.4. The molecule has 1 N–H and O–H groups in total. The molecule has 1 aromatic heterocycles. The Kier molecular flexibility index (Phi) is 7.36. The van der Waals surface area contributed by atoms with E-state index in [1.54, 1.807) is 24.3 Å². The fourth-order valence-corrected chi connectivity index (χ4v) is 3.54. The summed E-state index contributed by atoms with van der Waals surface area (Å²) in [5, 5.41) is 11.3. The highest BCUT2D eigenvalue weighted by molar-refractivity contribution is 6.32. The lowest BCUT2D eigenvalue weighted by Gasteiger charge is -2.09. The Hall–Kier alpha value is -4.57. The number of nitro groups is 1. The highest BCUT2D eigenvalue weighted by atomic mass is 35.5. The van der Waals surface area contributed by atoms with Crippen LogP contribution in [-0.2, 0) is 16.0 Å². The molecule has 0 radical (unpaired) electrons. The minimum absolute atomic E-state index is 0.0629. The average Bonchev–Trinajstić information content (AvgIpc) is 2.87. The number of nitro benzene ring substituents is 1. The number of carbonyl (C=O) groups is 2. The van der Waals surface area contributed by atoms with Crippen LogP contribution in [-0.4, -0.2) is 33.3 Å². The number of carbonyl (C=O) groups excluding carboxylic acids is 2.